The van der Waals surface area contributed by atoms with E-state index in [9.17, 15) is 4.79 Å². The highest BCUT2D eigenvalue weighted by molar-refractivity contribution is 5.93. The van der Waals surface area contributed by atoms with Crippen molar-refractivity contribution >= 4 is 5.91 Å². The van der Waals surface area contributed by atoms with Crippen LogP contribution in [-0.4, -0.2) is 12.0 Å². The van der Waals surface area contributed by atoms with Crippen molar-refractivity contribution in [3.8, 4) is 0 Å². The largest absolute Gasteiger partial charge is 0.466 e. The van der Waals surface area contributed by atoms with Gasteiger partial charge in [0.25, 0.3) is 5.91 Å². The summed E-state index contributed by atoms with van der Waals surface area (Å²) in [6.45, 7) is 7.20. The van der Waals surface area contributed by atoms with Crippen molar-refractivity contribution in [1.29, 1.82) is 0 Å². The molecule has 3 atom stereocenters. The van der Waals surface area contributed by atoms with Crippen molar-refractivity contribution in [2.75, 3.05) is 0 Å². The predicted octanol–water partition coefficient (Wildman–Crippen LogP) is 2.86. The van der Waals surface area contributed by atoms with Gasteiger partial charge in [-0.05, 0) is 36.7 Å². The van der Waals surface area contributed by atoms with Crippen molar-refractivity contribution in [2.24, 2.45) is 23.6 Å². The molecule has 1 aromatic rings. The lowest BCUT2D eigenvalue weighted by Crippen LogP contribution is -2.34. The highest BCUT2D eigenvalue weighted by atomic mass is 16.5. The van der Waals surface area contributed by atoms with Gasteiger partial charge in [-0.3, -0.25) is 10.2 Å². The molecule has 0 bridgehead atoms. The molecule has 1 heterocycles. The molecule has 0 saturated heterocycles. The molecule has 1 aromatic heterocycles. The molecule has 2 rings (SSSR count). The number of nitrogens with one attached hydrogen (secondary N) is 1. The van der Waals surface area contributed by atoms with Crippen LogP contribution in [0.15, 0.2) is 16.7 Å². The maximum Gasteiger partial charge on any atom is 0.268 e. The first kappa shape index (κ1) is 16.0. The fourth-order valence-corrected chi connectivity index (χ4v) is 3.15. The Bertz CT molecular complexity index is 470. The molecule has 0 radical (unpaired) electrons. The summed E-state index contributed by atoms with van der Waals surface area (Å²) in [5, 5.41) is 0. The zero-order valence-corrected chi connectivity index (χ0v) is 13.1. The summed E-state index contributed by atoms with van der Waals surface area (Å²) in [7, 11) is 0. The van der Waals surface area contributed by atoms with Gasteiger partial charge < -0.3 is 9.15 Å². The first-order valence-corrected chi connectivity index (χ1v) is 7.71. The Labute approximate surface area is 126 Å². The van der Waals surface area contributed by atoms with Gasteiger partial charge in [0.15, 0.2) is 0 Å². The van der Waals surface area contributed by atoms with Gasteiger partial charge in [-0.1, -0.05) is 27.2 Å². The molecule has 21 heavy (non-hydrogen) atoms. The lowest BCUT2D eigenvalue weighted by Gasteiger charge is -2.37. The van der Waals surface area contributed by atoms with Gasteiger partial charge >= 0.3 is 0 Å². The number of hydrogen-bond donors (Lipinski definition) is 2. The lowest BCUT2D eigenvalue weighted by molar-refractivity contribution is -0.0522. The van der Waals surface area contributed by atoms with E-state index in [0.29, 0.717) is 35.7 Å². The van der Waals surface area contributed by atoms with Crippen LogP contribution in [0.3, 0.4) is 0 Å². The van der Waals surface area contributed by atoms with Crippen LogP contribution >= 0.6 is 0 Å². The Morgan fingerprint density at radius 1 is 1.52 bits per heavy atom. The van der Waals surface area contributed by atoms with E-state index in [4.69, 9.17) is 15.0 Å². The second-order valence-electron chi connectivity index (χ2n) is 6.45. The van der Waals surface area contributed by atoms with Crippen LogP contribution in [0, 0.1) is 17.8 Å². The van der Waals surface area contributed by atoms with E-state index in [1.807, 2.05) is 0 Å². The normalized spacial score (nSPS) is 26.0. The summed E-state index contributed by atoms with van der Waals surface area (Å²) in [4.78, 5) is 11.4. The molecule has 0 aromatic carbocycles. The van der Waals surface area contributed by atoms with Crippen molar-refractivity contribution in [3.05, 3.63) is 23.7 Å². The van der Waals surface area contributed by atoms with E-state index in [1.165, 1.54) is 19.1 Å². The smallest absolute Gasteiger partial charge is 0.268 e. The number of nitrogens with two attached hydrogens (primary N) is 1. The molecule has 1 aliphatic carbocycles. The van der Waals surface area contributed by atoms with Gasteiger partial charge in [0.1, 0.15) is 18.6 Å². The molecule has 3 unspecified atom stereocenters. The quantitative estimate of drug-likeness (QED) is 0.497. The Kier molecular flexibility index (Phi) is 5.42. The zero-order chi connectivity index (χ0) is 15.4. The fourth-order valence-electron chi connectivity index (χ4n) is 3.15. The molecule has 1 saturated carbocycles. The molecule has 118 valence electrons. The van der Waals surface area contributed by atoms with Crippen LogP contribution < -0.4 is 11.3 Å². The van der Waals surface area contributed by atoms with E-state index in [0.717, 1.165) is 6.42 Å². The highest BCUT2D eigenvalue weighted by Gasteiger charge is 2.31. The molecule has 0 aliphatic heterocycles. The number of carbonyl (C=O) groups is 1. The summed E-state index contributed by atoms with van der Waals surface area (Å²) in [5.41, 5.74) is 2.51. The average Bonchev–Trinajstić information content (AvgIpc) is 2.93. The number of hydrogen-bond acceptors (Lipinski definition) is 4. The molecule has 5 heteroatoms. The second kappa shape index (κ2) is 7.09. The van der Waals surface area contributed by atoms with E-state index in [2.05, 4.69) is 26.2 Å². The molecule has 1 aliphatic rings. The molecular formula is C16H26N2O3. The van der Waals surface area contributed by atoms with Gasteiger partial charge in [-0.15, -0.1) is 0 Å². The number of amides is 1. The van der Waals surface area contributed by atoms with Gasteiger partial charge in [0.05, 0.1) is 11.7 Å². The van der Waals surface area contributed by atoms with Gasteiger partial charge in [-0.2, -0.15) is 0 Å². The van der Waals surface area contributed by atoms with Crippen molar-refractivity contribution < 1.29 is 13.9 Å². The molecule has 3 N–H and O–H groups in total. The van der Waals surface area contributed by atoms with Crippen LogP contribution in [0.5, 0.6) is 0 Å². The number of furan rings is 1. The first-order chi connectivity index (χ1) is 10.0. The number of nitrogen functional groups attached to an aromatic ring is 1. The SMILES string of the molecule is CC1CCC(C(C)C)C(OCc2cc(C(=O)NN)co2)C1. The van der Waals surface area contributed by atoms with Crippen molar-refractivity contribution in [3.63, 3.8) is 0 Å². The lowest BCUT2D eigenvalue weighted by atomic mass is 9.75. The first-order valence-electron chi connectivity index (χ1n) is 7.71. The third-order valence-electron chi connectivity index (χ3n) is 4.45. The van der Waals surface area contributed by atoms with Crippen LogP contribution in [0.25, 0.3) is 0 Å². The van der Waals surface area contributed by atoms with Crippen LogP contribution in [0.2, 0.25) is 0 Å². The molecule has 1 amide bonds. The Hall–Kier alpha value is -1.33. The summed E-state index contributed by atoms with van der Waals surface area (Å²) >= 11 is 0. The van der Waals surface area contributed by atoms with Crippen LogP contribution in [-0.2, 0) is 11.3 Å². The number of carbonyl (C=O) groups excluding carboxylic acids is 1. The predicted molar refractivity (Wildman–Crippen MR) is 80.3 cm³/mol. The maximum absolute atomic E-state index is 11.4. The summed E-state index contributed by atoms with van der Waals surface area (Å²) in [5.74, 6) is 7.34. The minimum absolute atomic E-state index is 0.269. The standard InChI is InChI=1S/C16H26N2O3/c1-10(2)14-5-4-11(3)6-15(14)21-9-13-7-12(8-20-13)16(19)18-17/h7-8,10-11,14-15H,4-6,9,17H2,1-3H3,(H,18,19). The Morgan fingerprint density at radius 2 is 2.29 bits per heavy atom. The minimum Gasteiger partial charge on any atom is -0.466 e. The number of ether oxygens (including phenoxy) is 1. The summed E-state index contributed by atoms with van der Waals surface area (Å²) < 4.78 is 11.4. The van der Waals surface area contributed by atoms with Crippen LogP contribution in [0.4, 0.5) is 0 Å². The van der Waals surface area contributed by atoms with Crippen molar-refractivity contribution in [1.82, 2.24) is 5.43 Å². The monoisotopic (exact) mass is 294 g/mol. The topological polar surface area (TPSA) is 77.5 Å². The number of hydrazine groups is 1. The van der Waals surface area contributed by atoms with Gasteiger partial charge in [0.2, 0.25) is 0 Å². The summed E-state index contributed by atoms with van der Waals surface area (Å²) in [6, 6.07) is 1.68. The average molecular weight is 294 g/mol. The fraction of sp³-hybridized carbons (Fsp3) is 0.688. The number of rotatable bonds is 5. The van der Waals surface area contributed by atoms with Crippen LogP contribution in [0.1, 0.15) is 56.2 Å². The van der Waals surface area contributed by atoms with E-state index >= 15 is 0 Å². The van der Waals surface area contributed by atoms with Crippen molar-refractivity contribution in [2.45, 2.75) is 52.7 Å². The molecular weight excluding hydrogens is 268 g/mol. The maximum atomic E-state index is 11.4. The second-order valence-corrected chi connectivity index (χ2v) is 6.45. The molecule has 5 nitrogen and oxygen atoms in total. The zero-order valence-electron chi connectivity index (χ0n) is 13.1. The molecule has 0 spiro atoms. The Morgan fingerprint density at radius 3 is 2.95 bits per heavy atom. The summed E-state index contributed by atoms with van der Waals surface area (Å²) in [6.07, 6.45) is 5.28. The Balaban J connectivity index is 1.93. The van der Waals surface area contributed by atoms with E-state index in [-0.39, 0.29) is 12.0 Å². The van der Waals surface area contributed by atoms with E-state index < -0.39 is 0 Å². The minimum atomic E-state index is -0.351. The van der Waals surface area contributed by atoms with Gasteiger partial charge in [-0.25, -0.2) is 5.84 Å². The van der Waals surface area contributed by atoms with E-state index in [1.54, 1.807) is 6.07 Å². The third-order valence-corrected chi connectivity index (χ3v) is 4.45. The third kappa shape index (κ3) is 4.08. The van der Waals surface area contributed by atoms with Gasteiger partial charge in [0, 0.05) is 0 Å². The highest BCUT2D eigenvalue weighted by Crippen LogP contribution is 2.35. The molecule has 1 fully saturated rings.